The molecular weight excluding hydrogens is 182 g/mol. The summed E-state index contributed by atoms with van der Waals surface area (Å²) >= 11 is 0. The summed E-state index contributed by atoms with van der Waals surface area (Å²) in [6.45, 7) is 0. The Morgan fingerprint density at radius 2 is 2.36 bits per heavy atom. The average molecular weight is 191 g/mol. The summed E-state index contributed by atoms with van der Waals surface area (Å²) in [5.41, 5.74) is 1.69. The van der Waals surface area contributed by atoms with E-state index in [1.54, 1.807) is 30.2 Å². The van der Waals surface area contributed by atoms with Crippen molar-refractivity contribution in [2.45, 2.75) is 0 Å². The zero-order valence-corrected chi connectivity index (χ0v) is 7.56. The van der Waals surface area contributed by atoms with E-state index < -0.39 is 5.97 Å². The highest BCUT2D eigenvalue weighted by Crippen LogP contribution is 2.22. The van der Waals surface area contributed by atoms with Gasteiger partial charge in [-0.15, -0.1) is 0 Å². The Hall–Kier alpha value is -2.04. The topological polar surface area (TPSA) is 70.9 Å². The lowest BCUT2D eigenvalue weighted by Gasteiger charge is -1.99. The number of aromatic nitrogens is 3. The third kappa shape index (κ3) is 1.19. The van der Waals surface area contributed by atoms with E-state index in [2.05, 4.69) is 10.1 Å². The van der Waals surface area contributed by atoms with E-state index in [1.165, 1.54) is 6.20 Å². The number of rotatable bonds is 2. The summed E-state index contributed by atoms with van der Waals surface area (Å²) in [5.74, 6) is -0.942. The first-order valence-corrected chi connectivity index (χ1v) is 4.08. The number of aryl methyl sites for hydroxylation is 1. The normalized spacial score (nSPS) is 10.4. The van der Waals surface area contributed by atoms with Crippen molar-refractivity contribution in [1.29, 1.82) is 0 Å². The van der Waals surface area contributed by atoms with Crippen LogP contribution in [0.4, 0.5) is 0 Å². The summed E-state index contributed by atoms with van der Waals surface area (Å²) in [7, 11) is 1.77. The molecule has 2 rings (SSSR count). The molecule has 0 atom stereocenters. The highest BCUT2D eigenvalue weighted by atomic mass is 16.4. The Labute approximate surface area is 80.0 Å². The zero-order chi connectivity index (χ0) is 10.1. The predicted octanol–water partition coefficient (Wildman–Crippen LogP) is 1.11. The fourth-order valence-corrected chi connectivity index (χ4v) is 1.39. The van der Waals surface area contributed by atoms with Gasteiger partial charge in [-0.2, -0.15) is 5.10 Å². The number of H-pyrrole nitrogens is 1. The van der Waals surface area contributed by atoms with Gasteiger partial charge in [0.2, 0.25) is 0 Å². The van der Waals surface area contributed by atoms with Crippen molar-refractivity contribution in [3.8, 4) is 11.3 Å². The van der Waals surface area contributed by atoms with Crippen LogP contribution in [0.25, 0.3) is 11.3 Å². The van der Waals surface area contributed by atoms with Crippen molar-refractivity contribution in [2.75, 3.05) is 0 Å². The molecular formula is C9H9N3O2. The Morgan fingerprint density at radius 1 is 1.57 bits per heavy atom. The van der Waals surface area contributed by atoms with Gasteiger partial charge in [0.1, 0.15) is 0 Å². The molecule has 0 unspecified atom stereocenters. The fraction of sp³-hybridized carbons (Fsp3) is 0.111. The van der Waals surface area contributed by atoms with Crippen LogP contribution in [-0.4, -0.2) is 25.8 Å². The maximum Gasteiger partial charge on any atom is 0.337 e. The Kier molecular flexibility index (Phi) is 1.85. The molecule has 0 aliphatic heterocycles. The first-order chi connectivity index (χ1) is 6.70. The van der Waals surface area contributed by atoms with E-state index in [4.69, 9.17) is 5.11 Å². The highest BCUT2D eigenvalue weighted by molar-refractivity contribution is 5.95. The van der Waals surface area contributed by atoms with Gasteiger partial charge >= 0.3 is 5.97 Å². The first kappa shape index (κ1) is 8.55. The molecule has 0 spiro atoms. The fourth-order valence-electron chi connectivity index (χ4n) is 1.39. The van der Waals surface area contributed by atoms with Gasteiger partial charge in [0, 0.05) is 31.2 Å². The van der Waals surface area contributed by atoms with Crippen LogP contribution in [0.3, 0.4) is 0 Å². The maximum absolute atomic E-state index is 10.8. The number of aromatic amines is 1. The molecule has 0 fully saturated rings. The van der Waals surface area contributed by atoms with E-state index >= 15 is 0 Å². The summed E-state index contributed by atoms with van der Waals surface area (Å²) in [4.78, 5) is 13.6. The molecule has 72 valence electrons. The number of hydrogen-bond donors (Lipinski definition) is 2. The van der Waals surface area contributed by atoms with Crippen molar-refractivity contribution >= 4 is 5.97 Å². The summed E-state index contributed by atoms with van der Waals surface area (Å²) < 4.78 is 1.63. The van der Waals surface area contributed by atoms with E-state index in [1.807, 2.05) is 0 Å². The summed E-state index contributed by atoms with van der Waals surface area (Å²) in [6, 6.07) is 1.77. The van der Waals surface area contributed by atoms with Crippen LogP contribution in [-0.2, 0) is 7.05 Å². The number of aromatic carboxylic acids is 1. The molecule has 0 bridgehead atoms. The minimum Gasteiger partial charge on any atom is -0.478 e. The number of carboxylic acids is 1. The largest absolute Gasteiger partial charge is 0.478 e. The third-order valence-electron chi connectivity index (χ3n) is 2.07. The van der Waals surface area contributed by atoms with Crippen molar-refractivity contribution in [3.63, 3.8) is 0 Å². The molecule has 14 heavy (non-hydrogen) atoms. The molecule has 0 aliphatic rings. The zero-order valence-electron chi connectivity index (χ0n) is 7.56. The van der Waals surface area contributed by atoms with Crippen LogP contribution in [0, 0.1) is 0 Å². The van der Waals surface area contributed by atoms with Gasteiger partial charge in [-0.3, -0.25) is 4.68 Å². The number of carbonyl (C=O) groups is 1. The summed E-state index contributed by atoms with van der Waals surface area (Å²) in [5, 5.41) is 12.9. The molecule has 2 heterocycles. The van der Waals surface area contributed by atoms with Gasteiger partial charge in [0.05, 0.1) is 11.3 Å². The molecule has 2 aromatic heterocycles. The van der Waals surface area contributed by atoms with Crippen LogP contribution < -0.4 is 0 Å². The van der Waals surface area contributed by atoms with Crippen molar-refractivity contribution in [1.82, 2.24) is 14.8 Å². The monoisotopic (exact) mass is 191 g/mol. The van der Waals surface area contributed by atoms with Crippen LogP contribution >= 0.6 is 0 Å². The number of hydrogen-bond acceptors (Lipinski definition) is 2. The average Bonchev–Trinajstić information content (AvgIpc) is 2.70. The maximum atomic E-state index is 10.8. The second-order valence-corrected chi connectivity index (χ2v) is 2.93. The quantitative estimate of drug-likeness (QED) is 0.747. The number of nitrogens with one attached hydrogen (secondary N) is 1. The van der Waals surface area contributed by atoms with Gasteiger partial charge < -0.3 is 10.1 Å². The molecule has 5 nitrogen and oxygen atoms in total. The van der Waals surface area contributed by atoms with Crippen molar-refractivity contribution in [2.24, 2.45) is 7.05 Å². The Bertz CT molecular complexity index is 470. The molecule has 0 saturated carbocycles. The van der Waals surface area contributed by atoms with E-state index in [0.717, 1.165) is 5.69 Å². The highest BCUT2D eigenvalue weighted by Gasteiger charge is 2.14. The lowest BCUT2D eigenvalue weighted by molar-refractivity contribution is 0.0698. The third-order valence-corrected chi connectivity index (χ3v) is 2.07. The van der Waals surface area contributed by atoms with Gasteiger partial charge in [-0.05, 0) is 6.07 Å². The van der Waals surface area contributed by atoms with E-state index in [-0.39, 0.29) is 5.56 Å². The van der Waals surface area contributed by atoms with Gasteiger partial charge in [-0.25, -0.2) is 4.79 Å². The Balaban J connectivity index is 2.57. The van der Waals surface area contributed by atoms with Crippen molar-refractivity contribution in [3.05, 3.63) is 30.2 Å². The number of nitrogens with zero attached hydrogens (tertiary/aromatic N) is 2. The van der Waals surface area contributed by atoms with E-state index in [9.17, 15) is 4.79 Å². The lowest BCUT2D eigenvalue weighted by Crippen LogP contribution is -1.99. The van der Waals surface area contributed by atoms with Crippen LogP contribution in [0.15, 0.2) is 24.7 Å². The second kappa shape index (κ2) is 3.02. The van der Waals surface area contributed by atoms with Gasteiger partial charge in [-0.1, -0.05) is 0 Å². The number of carboxylic acid groups (broad SMARTS) is 1. The van der Waals surface area contributed by atoms with Gasteiger partial charge in [0.15, 0.2) is 0 Å². The second-order valence-electron chi connectivity index (χ2n) is 2.93. The van der Waals surface area contributed by atoms with Crippen molar-refractivity contribution < 1.29 is 9.90 Å². The lowest BCUT2D eigenvalue weighted by atomic mass is 10.1. The minimum absolute atomic E-state index is 0.258. The Morgan fingerprint density at radius 3 is 2.93 bits per heavy atom. The molecule has 0 aliphatic carbocycles. The molecule has 2 N–H and O–H groups in total. The summed E-state index contributed by atoms with van der Waals surface area (Å²) in [6.07, 6.45) is 4.75. The van der Waals surface area contributed by atoms with Gasteiger partial charge in [0.25, 0.3) is 0 Å². The molecule has 5 heteroatoms. The predicted molar refractivity (Wildman–Crippen MR) is 50.0 cm³/mol. The molecule has 2 aromatic rings. The molecule has 0 radical (unpaired) electrons. The van der Waals surface area contributed by atoms with Crippen LogP contribution in [0.5, 0.6) is 0 Å². The first-order valence-electron chi connectivity index (χ1n) is 4.08. The SMILES string of the molecule is Cn1nccc1-c1c[nH]cc1C(=O)O. The smallest absolute Gasteiger partial charge is 0.337 e. The minimum atomic E-state index is -0.942. The molecule has 0 aromatic carbocycles. The van der Waals surface area contributed by atoms with Crippen LogP contribution in [0.2, 0.25) is 0 Å². The van der Waals surface area contributed by atoms with E-state index in [0.29, 0.717) is 5.56 Å². The van der Waals surface area contributed by atoms with Crippen LogP contribution in [0.1, 0.15) is 10.4 Å². The standard InChI is InChI=1S/C9H9N3O2/c1-12-8(2-3-11-12)6-4-10-5-7(6)9(13)14/h2-5,10H,1H3,(H,13,14). The molecule has 0 amide bonds. The molecule has 0 saturated heterocycles.